The monoisotopic (exact) mass is 309 g/mol. The third-order valence-electron chi connectivity index (χ3n) is 3.60. The van der Waals surface area contributed by atoms with Crippen LogP contribution in [0.3, 0.4) is 0 Å². The number of nitrogens with two attached hydrogens (primary N) is 1. The van der Waals surface area contributed by atoms with Crippen molar-refractivity contribution in [3.05, 3.63) is 12.1 Å². The molecule has 1 aliphatic rings. The highest BCUT2D eigenvalue weighted by Crippen LogP contribution is 2.27. The zero-order valence-electron chi connectivity index (χ0n) is 12.6. The number of hydrogen-bond acceptors (Lipinski definition) is 7. The van der Waals surface area contributed by atoms with E-state index in [0.29, 0.717) is 43.4 Å². The van der Waals surface area contributed by atoms with Crippen molar-refractivity contribution in [1.82, 2.24) is 10.3 Å². The SMILES string of the molecule is CC(=O)NCCNc1nc(N2CC(O)CC2CO)ccc1N. The molecule has 1 fully saturated rings. The molecule has 0 aliphatic carbocycles. The van der Waals surface area contributed by atoms with E-state index in [1.165, 1.54) is 6.92 Å². The minimum Gasteiger partial charge on any atom is -0.396 e. The summed E-state index contributed by atoms with van der Waals surface area (Å²) in [7, 11) is 0. The summed E-state index contributed by atoms with van der Waals surface area (Å²) >= 11 is 0. The van der Waals surface area contributed by atoms with Gasteiger partial charge in [0.15, 0.2) is 5.82 Å². The van der Waals surface area contributed by atoms with Gasteiger partial charge in [0.1, 0.15) is 5.82 Å². The Bertz CT molecular complexity index is 525. The predicted molar refractivity (Wildman–Crippen MR) is 84.7 cm³/mol. The van der Waals surface area contributed by atoms with Crippen LogP contribution in [0, 0.1) is 0 Å². The number of β-amino-alcohol motifs (C(OH)–C–C–N with tert-alkyl or cyclic N) is 1. The number of carbonyl (C=O) groups is 1. The lowest BCUT2D eigenvalue weighted by molar-refractivity contribution is -0.118. The van der Waals surface area contributed by atoms with E-state index in [9.17, 15) is 15.0 Å². The number of amides is 1. The molecule has 2 atom stereocenters. The van der Waals surface area contributed by atoms with Crippen LogP contribution in [-0.4, -0.2) is 59.5 Å². The van der Waals surface area contributed by atoms with Crippen molar-refractivity contribution >= 4 is 23.2 Å². The number of aromatic nitrogens is 1. The summed E-state index contributed by atoms with van der Waals surface area (Å²) in [5.74, 6) is 1.10. The maximum absolute atomic E-state index is 10.8. The molecular formula is C14H23N5O3. The number of hydrogen-bond donors (Lipinski definition) is 5. The van der Waals surface area contributed by atoms with Gasteiger partial charge >= 0.3 is 0 Å². The number of anilines is 3. The Hall–Kier alpha value is -2.06. The van der Waals surface area contributed by atoms with Gasteiger partial charge in [0.05, 0.1) is 24.4 Å². The van der Waals surface area contributed by atoms with Gasteiger partial charge in [-0.1, -0.05) is 0 Å². The van der Waals surface area contributed by atoms with Gasteiger partial charge in [-0.05, 0) is 18.6 Å². The largest absolute Gasteiger partial charge is 0.396 e. The summed E-state index contributed by atoms with van der Waals surface area (Å²) in [5, 5.41) is 24.9. The molecular weight excluding hydrogens is 286 g/mol. The van der Waals surface area contributed by atoms with Crippen LogP contribution in [0.15, 0.2) is 12.1 Å². The van der Waals surface area contributed by atoms with Gasteiger partial charge in [0, 0.05) is 26.6 Å². The van der Waals surface area contributed by atoms with E-state index in [-0.39, 0.29) is 18.6 Å². The first-order valence-electron chi connectivity index (χ1n) is 7.31. The normalized spacial score (nSPS) is 21.0. The summed E-state index contributed by atoms with van der Waals surface area (Å²) in [5.41, 5.74) is 6.40. The Morgan fingerprint density at radius 1 is 1.50 bits per heavy atom. The molecule has 22 heavy (non-hydrogen) atoms. The number of rotatable bonds is 6. The van der Waals surface area contributed by atoms with Crippen LogP contribution in [0.4, 0.5) is 17.3 Å². The van der Waals surface area contributed by atoms with Crippen molar-refractivity contribution in [2.45, 2.75) is 25.5 Å². The van der Waals surface area contributed by atoms with Gasteiger partial charge in [-0.25, -0.2) is 4.98 Å². The van der Waals surface area contributed by atoms with E-state index >= 15 is 0 Å². The first kappa shape index (κ1) is 16.3. The van der Waals surface area contributed by atoms with Crippen molar-refractivity contribution in [1.29, 1.82) is 0 Å². The Morgan fingerprint density at radius 2 is 2.27 bits per heavy atom. The average Bonchev–Trinajstić information content (AvgIpc) is 2.86. The molecule has 0 saturated carbocycles. The number of nitrogens with one attached hydrogen (secondary N) is 2. The maximum atomic E-state index is 10.8. The average molecular weight is 309 g/mol. The van der Waals surface area contributed by atoms with Crippen LogP contribution in [0.5, 0.6) is 0 Å². The smallest absolute Gasteiger partial charge is 0.216 e. The summed E-state index contributed by atoms with van der Waals surface area (Å²) in [6.45, 7) is 2.84. The van der Waals surface area contributed by atoms with Gasteiger partial charge in [0.25, 0.3) is 0 Å². The van der Waals surface area contributed by atoms with Gasteiger partial charge in [-0.2, -0.15) is 0 Å². The van der Waals surface area contributed by atoms with Gasteiger partial charge < -0.3 is 31.5 Å². The first-order chi connectivity index (χ1) is 10.5. The van der Waals surface area contributed by atoms with Gasteiger partial charge in [-0.3, -0.25) is 4.79 Å². The molecule has 1 aromatic rings. The molecule has 1 saturated heterocycles. The fraction of sp³-hybridized carbons (Fsp3) is 0.571. The van der Waals surface area contributed by atoms with Crippen LogP contribution in [0.25, 0.3) is 0 Å². The number of aliphatic hydroxyl groups excluding tert-OH is 2. The van der Waals surface area contributed by atoms with Crippen LogP contribution in [-0.2, 0) is 4.79 Å². The topological polar surface area (TPSA) is 124 Å². The first-order valence-corrected chi connectivity index (χ1v) is 7.31. The zero-order chi connectivity index (χ0) is 16.1. The summed E-state index contributed by atoms with van der Waals surface area (Å²) in [6.07, 6.45) is 0.0566. The molecule has 2 heterocycles. The summed E-state index contributed by atoms with van der Waals surface area (Å²) in [6, 6.07) is 3.37. The Labute approximate surface area is 129 Å². The molecule has 6 N–H and O–H groups in total. The lowest BCUT2D eigenvalue weighted by Gasteiger charge is -2.24. The maximum Gasteiger partial charge on any atom is 0.216 e. The molecule has 0 bridgehead atoms. The fourth-order valence-electron chi connectivity index (χ4n) is 2.53. The molecule has 1 aromatic heterocycles. The molecule has 2 unspecified atom stereocenters. The summed E-state index contributed by atoms with van der Waals surface area (Å²) < 4.78 is 0. The second-order valence-corrected chi connectivity index (χ2v) is 5.40. The molecule has 1 amide bonds. The highest BCUT2D eigenvalue weighted by molar-refractivity contribution is 5.72. The second-order valence-electron chi connectivity index (χ2n) is 5.40. The summed E-state index contributed by atoms with van der Waals surface area (Å²) in [4.78, 5) is 17.2. The van der Waals surface area contributed by atoms with Crippen molar-refractivity contribution in [2.24, 2.45) is 0 Å². The van der Waals surface area contributed by atoms with Crippen LogP contribution in [0.2, 0.25) is 0 Å². The minimum absolute atomic E-state index is 0.0333. The molecule has 8 nitrogen and oxygen atoms in total. The van der Waals surface area contributed by atoms with Gasteiger partial charge in [0.2, 0.25) is 5.91 Å². The van der Waals surface area contributed by atoms with Crippen molar-refractivity contribution in [3.8, 4) is 0 Å². The molecule has 0 aromatic carbocycles. The van der Waals surface area contributed by atoms with E-state index < -0.39 is 6.10 Å². The Balaban J connectivity index is 2.04. The Kier molecular flexibility index (Phi) is 5.40. The highest BCUT2D eigenvalue weighted by Gasteiger charge is 2.31. The third kappa shape index (κ3) is 3.99. The number of nitrogen functional groups attached to an aromatic ring is 1. The van der Waals surface area contributed by atoms with Crippen LogP contribution >= 0.6 is 0 Å². The number of nitrogens with zero attached hydrogens (tertiary/aromatic N) is 2. The highest BCUT2D eigenvalue weighted by atomic mass is 16.3. The number of aliphatic hydroxyl groups is 2. The van der Waals surface area contributed by atoms with E-state index in [1.807, 2.05) is 4.90 Å². The molecule has 8 heteroatoms. The fourth-order valence-corrected chi connectivity index (χ4v) is 2.53. The quantitative estimate of drug-likeness (QED) is 0.433. The molecule has 0 spiro atoms. The number of pyridine rings is 1. The van der Waals surface area contributed by atoms with Crippen LogP contribution < -0.4 is 21.3 Å². The number of carbonyl (C=O) groups excluding carboxylic acids is 1. The van der Waals surface area contributed by atoms with E-state index in [2.05, 4.69) is 15.6 Å². The standard InChI is InChI=1S/C14H23N5O3/c1-9(21)16-4-5-17-14-12(15)2-3-13(18-14)19-7-11(22)6-10(19)8-20/h2-3,10-11,20,22H,4-8,15H2,1H3,(H,16,21)(H,17,18). The van der Waals surface area contributed by atoms with E-state index in [1.54, 1.807) is 12.1 Å². The van der Waals surface area contributed by atoms with Crippen molar-refractivity contribution in [2.75, 3.05) is 42.2 Å². The minimum atomic E-state index is -0.465. The van der Waals surface area contributed by atoms with E-state index in [4.69, 9.17) is 5.73 Å². The van der Waals surface area contributed by atoms with Crippen molar-refractivity contribution in [3.63, 3.8) is 0 Å². The van der Waals surface area contributed by atoms with Gasteiger partial charge in [-0.15, -0.1) is 0 Å². The van der Waals surface area contributed by atoms with E-state index in [0.717, 1.165) is 0 Å². The zero-order valence-corrected chi connectivity index (χ0v) is 12.6. The molecule has 122 valence electrons. The lowest BCUT2D eigenvalue weighted by atomic mass is 10.2. The molecule has 2 rings (SSSR count). The third-order valence-corrected chi connectivity index (χ3v) is 3.60. The molecule has 0 radical (unpaired) electrons. The van der Waals surface area contributed by atoms with Crippen LogP contribution in [0.1, 0.15) is 13.3 Å². The molecule has 1 aliphatic heterocycles. The second kappa shape index (κ2) is 7.28. The lowest BCUT2D eigenvalue weighted by Crippen LogP contribution is -2.33. The van der Waals surface area contributed by atoms with Crippen molar-refractivity contribution < 1.29 is 15.0 Å². The predicted octanol–water partition coefficient (Wildman–Crippen LogP) is -0.856. The Morgan fingerprint density at radius 3 is 2.95 bits per heavy atom.